The van der Waals surface area contributed by atoms with Crippen LogP contribution in [0.5, 0.6) is 0 Å². The van der Waals surface area contributed by atoms with Gasteiger partial charge in [0.05, 0.1) is 24.4 Å². The molecule has 2 aliphatic carbocycles. The van der Waals surface area contributed by atoms with Crippen molar-refractivity contribution in [3.63, 3.8) is 0 Å². The fourth-order valence-corrected chi connectivity index (χ4v) is 6.07. The minimum absolute atomic E-state index is 0.356. The van der Waals surface area contributed by atoms with E-state index in [0.717, 1.165) is 11.8 Å². The van der Waals surface area contributed by atoms with E-state index in [1.807, 2.05) is 0 Å². The first-order chi connectivity index (χ1) is 14.3. The average molecular weight is 437 g/mol. The van der Waals surface area contributed by atoms with Crippen LogP contribution in [0.15, 0.2) is 0 Å². The maximum Gasteiger partial charge on any atom is 0.0601 e. The zero-order chi connectivity index (χ0) is 23.4. The van der Waals surface area contributed by atoms with E-state index < -0.39 is 0 Å². The third kappa shape index (κ3) is 9.00. The number of hydrogen-bond donors (Lipinski definition) is 0. The Morgan fingerprint density at radius 3 is 1.94 bits per heavy atom. The van der Waals surface area contributed by atoms with Crippen molar-refractivity contribution in [2.45, 2.75) is 151 Å². The van der Waals surface area contributed by atoms with Gasteiger partial charge in [0.1, 0.15) is 0 Å². The molecule has 0 radical (unpaired) electrons. The highest BCUT2D eigenvalue weighted by molar-refractivity contribution is 4.87. The summed E-state index contributed by atoms with van der Waals surface area (Å²) in [5.74, 6) is 2.83. The molecule has 0 aromatic carbocycles. The smallest absolute Gasteiger partial charge is 0.0601 e. The molecule has 184 valence electrons. The monoisotopic (exact) mass is 436 g/mol. The van der Waals surface area contributed by atoms with E-state index in [4.69, 9.17) is 9.47 Å². The Morgan fingerprint density at radius 1 is 0.806 bits per heavy atom. The largest absolute Gasteiger partial charge is 0.375 e. The Labute approximate surface area is 195 Å². The van der Waals surface area contributed by atoms with Crippen molar-refractivity contribution in [3.05, 3.63) is 0 Å². The average Bonchev–Trinajstić information content (AvgIpc) is 2.63. The summed E-state index contributed by atoms with van der Waals surface area (Å²) in [5, 5.41) is 0. The van der Waals surface area contributed by atoms with Crippen molar-refractivity contribution < 1.29 is 9.47 Å². The summed E-state index contributed by atoms with van der Waals surface area (Å²) in [5.41, 5.74) is 0.839. The van der Waals surface area contributed by atoms with Gasteiger partial charge in [-0.2, -0.15) is 0 Å². The van der Waals surface area contributed by atoms with Gasteiger partial charge in [-0.15, -0.1) is 0 Å². The predicted molar refractivity (Wildman–Crippen MR) is 134 cm³/mol. The van der Waals surface area contributed by atoms with E-state index >= 15 is 0 Å². The summed E-state index contributed by atoms with van der Waals surface area (Å²) in [6.07, 6.45) is 13.2. The normalized spacial score (nSPS) is 31.7. The molecule has 0 aliphatic heterocycles. The molecule has 2 aliphatic rings. The van der Waals surface area contributed by atoms with Gasteiger partial charge in [0.15, 0.2) is 0 Å². The molecule has 0 bridgehead atoms. The zero-order valence-corrected chi connectivity index (χ0v) is 22.8. The Hall–Kier alpha value is -0.0800. The lowest BCUT2D eigenvalue weighted by atomic mass is 9.69. The SMILES string of the molecule is CC(C)[C@@H](C)OC1CC(CC[C@@H](OC2CCC(C(C)(C)C)CC2)C(C)C)CC(C)(C)C1. The molecular formula is C29H56O2. The third-order valence-electron chi connectivity index (χ3n) is 8.43. The van der Waals surface area contributed by atoms with Crippen molar-refractivity contribution in [1.82, 2.24) is 0 Å². The van der Waals surface area contributed by atoms with Crippen molar-refractivity contribution in [1.29, 1.82) is 0 Å². The van der Waals surface area contributed by atoms with Crippen LogP contribution in [0.25, 0.3) is 0 Å². The summed E-state index contributed by atoms with van der Waals surface area (Å²) < 4.78 is 13.2. The van der Waals surface area contributed by atoms with Crippen LogP contribution in [0.2, 0.25) is 0 Å². The first-order valence-electron chi connectivity index (χ1n) is 13.6. The molecule has 0 spiro atoms. The highest BCUT2D eigenvalue weighted by atomic mass is 16.5. The van der Waals surface area contributed by atoms with Gasteiger partial charge < -0.3 is 9.47 Å². The molecule has 2 nitrogen and oxygen atoms in total. The molecule has 31 heavy (non-hydrogen) atoms. The first-order valence-corrected chi connectivity index (χ1v) is 13.6. The highest BCUT2D eigenvalue weighted by Gasteiger charge is 2.36. The van der Waals surface area contributed by atoms with Crippen LogP contribution in [0.4, 0.5) is 0 Å². The molecule has 0 saturated heterocycles. The van der Waals surface area contributed by atoms with Crippen LogP contribution in [-0.4, -0.2) is 24.4 Å². The minimum Gasteiger partial charge on any atom is -0.375 e. The molecule has 0 heterocycles. The number of ether oxygens (including phenoxy) is 2. The number of rotatable bonds is 9. The van der Waals surface area contributed by atoms with Crippen LogP contribution >= 0.6 is 0 Å². The van der Waals surface area contributed by atoms with Gasteiger partial charge in [0.25, 0.3) is 0 Å². The molecule has 4 atom stereocenters. The second kappa shape index (κ2) is 11.4. The molecule has 2 rings (SSSR count). The summed E-state index contributed by atoms with van der Waals surface area (Å²) in [4.78, 5) is 0. The molecular weight excluding hydrogens is 380 g/mol. The lowest BCUT2D eigenvalue weighted by Crippen LogP contribution is -2.37. The van der Waals surface area contributed by atoms with Crippen LogP contribution in [0, 0.1) is 34.5 Å². The topological polar surface area (TPSA) is 18.5 Å². The summed E-state index contributed by atoms with van der Waals surface area (Å²) in [6, 6.07) is 0. The lowest BCUT2D eigenvalue weighted by Gasteiger charge is -2.42. The quantitative estimate of drug-likeness (QED) is 0.360. The number of hydrogen-bond acceptors (Lipinski definition) is 2. The van der Waals surface area contributed by atoms with Gasteiger partial charge in [-0.3, -0.25) is 0 Å². The maximum atomic E-state index is 6.75. The van der Waals surface area contributed by atoms with E-state index in [9.17, 15) is 0 Å². The van der Waals surface area contributed by atoms with Crippen molar-refractivity contribution in [2.24, 2.45) is 34.5 Å². The van der Waals surface area contributed by atoms with Crippen LogP contribution < -0.4 is 0 Å². The Kier molecular flexibility index (Phi) is 9.96. The van der Waals surface area contributed by atoms with Crippen LogP contribution in [0.1, 0.15) is 127 Å². The Balaban J connectivity index is 1.86. The lowest BCUT2D eigenvalue weighted by molar-refractivity contribution is -0.0854. The van der Waals surface area contributed by atoms with Gasteiger partial charge in [0, 0.05) is 0 Å². The summed E-state index contributed by atoms with van der Waals surface area (Å²) in [6.45, 7) is 23.6. The summed E-state index contributed by atoms with van der Waals surface area (Å²) >= 11 is 0. The molecule has 2 saturated carbocycles. The molecule has 0 aromatic rings. The summed E-state index contributed by atoms with van der Waals surface area (Å²) in [7, 11) is 0. The second-order valence-corrected chi connectivity index (χ2v) is 13.7. The van der Waals surface area contributed by atoms with E-state index in [1.54, 1.807) is 0 Å². The Bertz CT molecular complexity index is 507. The van der Waals surface area contributed by atoms with Crippen molar-refractivity contribution in [2.75, 3.05) is 0 Å². The van der Waals surface area contributed by atoms with Gasteiger partial charge >= 0.3 is 0 Å². The Morgan fingerprint density at radius 2 is 1.42 bits per heavy atom. The van der Waals surface area contributed by atoms with Gasteiger partial charge in [-0.25, -0.2) is 0 Å². The standard InChI is InChI=1S/C29H56O2/c1-20(2)22(5)30-26-17-23(18-29(9,10)19-26)11-16-27(21(3)4)31-25-14-12-24(13-15-25)28(6,7)8/h20-27H,11-19H2,1-10H3/t22-,23?,24?,25?,26?,27-/m1/s1. The molecule has 2 heteroatoms. The zero-order valence-electron chi connectivity index (χ0n) is 22.8. The highest BCUT2D eigenvalue weighted by Crippen LogP contribution is 2.43. The second-order valence-electron chi connectivity index (χ2n) is 13.7. The molecule has 0 aromatic heterocycles. The van der Waals surface area contributed by atoms with E-state index in [2.05, 4.69) is 69.2 Å². The van der Waals surface area contributed by atoms with Gasteiger partial charge in [0.2, 0.25) is 0 Å². The van der Waals surface area contributed by atoms with Gasteiger partial charge in [-0.05, 0) is 99.2 Å². The molecule has 2 fully saturated rings. The van der Waals surface area contributed by atoms with E-state index in [1.165, 1.54) is 57.8 Å². The minimum atomic E-state index is 0.356. The van der Waals surface area contributed by atoms with E-state index in [0.29, 0.717) is 47.1 Å². The fraction of sp³-hybridized carbons (Fsp3) is 1.00. The molecule has 0 N–H and O–H groups in total. The van der Waals surface area contributed by atoms with Crippen molar-refractivity contribution >= 4 is 0 Å². The first kappa shape index (κ1) is 27.2. The van der Waals surface area contributed by atoms with Crippen LogP contribution in [-0.2, 0) is 9.47 Å². The predicted octanol–water partition coefficient (Wildman–Crippen LogP) is 8.67. The molecule has 2 unspecified atom stereocenters. The van der Waals surface area contributed by atoms with Gasteiger partial charge in [-0.1, -0.05) is 62.3 Å². The van der Waals surface area contributed by atoms with Crippen molar-refractivity contribution in [3.8, 4) is 0 Å². The molecule has 0 amide bonds. The van der Waals surface area contributed by atoms with E-state index in [-0.39, 0.29) is 0 Å². The van der Waals surface area contributed by atoms with Crippen LogP contribution in [0.3, 0.4) is 0 Å². The fourth-order valence-electron chi connectivity index (χ4n) is 6.07. The third-order valence-corrected chi connectivity index (χ3v) is 8.43. The maximum absolute atomic E-state index is 6.75.